The van der Waals surface area contributed by atoms with E-state index in [1.807, 2.05) is 0 Å². The van der Waals surface area contributed by atoms with Gasteiger partial charge < -0.3 is 0 Å². The lowest BCUT2D eigenvalue weighted by Gasteiger charge is -2.24. The van der Waals surface area contributed by atoms with Crippen LogP contribution < -0.4 is 10.6 Å². The highest BCUT2D eigenvalue weighted by Gasteiger charge is 2.57. The Bertz CT molecular complexity index is 165. The first kappa shape index (κ1) is 12.6. The zero-order valence-corrected chi connectivity index (χ0v) is 16.0. The second kappa shape index (κ2) is 3.85. The Morgan fingerprint density at radius 1 is 0.818 bits per heavy atom. The fourth-order valence-corrected chi connectivity index (χ4v) is 6.90. The number of hydrogen-bond donors (Lipinski definition) is 2. The van der Waals surface area contributed by atoms with Crippen molar-refractivity contribution in [3.05, 3.63) is 0 Å². The van der Waals surface area contributed by atoms with Crippen LogP contribution in [0.2, 0.25) is 0 Å². The molecule has 11 heavy (non-hydrogen) atoms. The van der Waals surface area contributed by atoms with Crippen molar-refractivity contribution in [2.45, 2.75) is 7.49 Å². The lowest BCUT2D eigenvalue weighted by molar-refractivity contribution is 0.718. The molecule has 1 heterocycles. The molecular weight excluding hydrogens is 684 g/mol. The molecule has 2 atom stereocenters. The van der Waals surface area contributed by atoms with Gasteiger partial charge in [-0.3, -0.25) is 10.6 Å². The number of halogens is 6. The molecule has 66 valence electrons. The summed E-state index contributed by atoms with van der Waals surface area (Å²) < 4.78 is -0.674. The summed E-state index contributed by atoms with van der Waals surface area (Å²) in [6.07, 6.45) is 0. The van der Waals surface area contributed by atoms with Crippen molar-refractivity contribution in [3.63, 3.8) is 0 Å². The highest BCUT2D eigenvalue weighted by Crippen LogP contribution is 2.53. The lowest BCUT2D eigenvalue weighted by atomic mass is 10.7. The average molecular weight is 686 g/mol. The Morgan fingerprint density at radius 2 is 1.09 bits per heavy atom. The SMILES string of the molecule is BrC1(I)NC(Br)(I)C(Br)(I)N1. The molecule has 1 aliphatic rings. The quantitative estimate of drug-likeness (QED) is 0.232. The maximum absolute atomic E-state index is 3.56. The molecule has 0 saturated carbocycles. The smallest absolute Gasteiger partial charge is 0.182 e. The molecule has 0 aromatic heterocycles. The predicted octanol–water partition coefficient (Wildman–Crippen LogP) is 3.59. The molecule has 1 fully saturated rings. The van der Waals surface area contributed by atoms with Crippen molar-refractivity contribution in [1.82, 2.24) is 10.6 Å². The minimum atomic E-state index is -0.264. The number of alkyl halides is 6. The van der Waals surface area contributed by atoms with E-state index in [-0.39, 0.29) is 7.49 Å². The zero-order valence-electron chi connectivity index (χ0n) is 4.77. The Hall–Kier alpha value is 3.55. The topological polar surface area (TPSA) is 24.1 Å². The fourth-order valence-electron chi connectivity index (χ4n) is 0.583. The summed E-state index contributed by atoms with van der Waals surface area (Å²) in [4.78, 5) is 0. The van der Waals surface area contributed by atoms with Gasteiger partial charge in [0.05, 0.1) is 0 Å². The van der Waals surface area contributed by atoms with Crippen LogP contribution in [0.5, 0.6) is 0 Å². The van der Waals surface area contributed by atoms with E-state index in [4.69, 9.17) is 0 Å². The molecule has 2 N–H and O–H groups in total. The molecular formula is C3H2Br3I3N2. The summed E-state index contributed by atoms with van der Waals surface area (Å²) >= 11 is 17.4. The normalized spacial score (nSPS) is 58.4. The van der Waals surface area contributed by atoms with Gasteiger partial charge in [0.2, 0.25) is 0 Å². The van der Waals surface area contributed by atoms with Crippen LogP contribution in [0.25, 0.3) is 0 Å². The first-order chi connectivity index (χ1) is 4.66. The molecule has 0 aromatic carbocycles. The molecule has 2 nitrogen and oxygen atoms in total. The molecule has 0 radical (unpaired) electrons. The monoisotopic (exact) mass is 683 g/mol. The van der Waals surface area contributed by atoms with Gasteiger partial charge in [-0.15, -0.1) is 0 Å². The first-order valence-electron chi connectivity index (χ1n) is 2.38. The van der Waals surface area contributed by atoms with Gasteiger partial charge in [-0.2, -0.15) is 0 Å². The van der Waals surface area contributed by atoms with Gasteiger partial charge in [0.25, 0.3) is 0 Å². The molecule has 0 bridgehead atoms. The van der Waals surface area contributed by atoms with Gasteiger partial charge in [0, 0.05) is 0 Å². The van der Waals surface area contributed by atoms with E-state index < -0.39 is 0 Å². The van der Waals surface area contributed by atoms with Gasteiger partial charge in [-0.05, 0) is 83.7 Å². The number of rotatable bonds is 0. The molecule has 0 amide bonds. The van der Waals surface area contributed by atoms with Gasteiger partial charge >= 0.3 is 0 Å². The van der Waals surface area contributed by atoms with E-state index in [0.29, 0.717) is 0 Å². The van der Waals surface area contributed by atoms with Crippen LogP contribution in [-0.2, 0) is 0 Å². The molecule has 2 unspecified atom stereocenters. The standard InChI is InChI=1S/C3H2Br3I3N2/c4-1(7)2(5,8)11-3(6,9)10-1/h10-11H. The minimum absolute atomic E-state index is 0.205. The molecule has 8 heteroatoms. The highest BCUT2D eigenvalue weighted by molar-refractivity contribution is 14.1. The summed E-state index contributed by atoms with van der Waals surface area (Å²) in [5.41, 5.74) is 0. The maximum atomic E-state index is 3.56. The predicted molar refractivity (Wildman–Crippen MR) is 83.3 cm³/mol. The summed E-state index contributed by atoms with van der Waals surface area (Å²) in [5, 5.41) is 6.60. The van der Waals surface area contributed by atoms with Gasteiger partial charge in [0.1, 0.15) is 0 Å². The van der Waals surface area contributed by atoms with E-state index in [0.717, 1.165) is 0 Å². The van der Waals surface area contributed by atoms with Crippen molar-refractivity contribution in [2.24, 2.45) is 0 Å². The van der Waals surface area contributed by atoms with E-state index in [9.17, 15) is 0 Å². The van der Waals surface area contributed by atoms with Crippen LogP contribution in [0.15, 0.2) is 0 Å². The van der Waals surface area contributed by atoms with E-state index in [1.54, 1.807) is 0 Å². The summed E-state index contributed by atoms with van der Waals surface area (Å²) in [6.45, 7) is 0. The Labute approximate surface area is 131 Å². The van der Waals surface area contributed by atoms with E-state index >= 15 is 0 Å². The van der Waals surface area contributed by atoms with Crippen molar-refractivity contribution >= 4 is 116 Å². The van der Waals surface area contributed by atoms with E-state index in [2.05, 4.69) is 126 Å². The maximum Gasteiger partial charge on any atom is 0.182 e. The molecule has 0 aromatic rings. The second-order valence-corrected chi connectivity index (χ2v) is 14.8. The van der Waals surface area contributed by atoms with Crippen molar-refractivity contribution < 1.29 is 0 Å². The van der Waals surface area contributed by atoms with Gasteiger partial charge in [-0.25, -0.2) is 0 Å². The first-order valence-corrected chi connectivity index (χ1v) is 8.00. The second-order valence-electron chi connectivity index (χ2n) is 1.97. The summed E-state index contributed by atoms with van der Waals surface area (Å²) in [6, 6.07) is 0. The summed E-state index contributed by atoms with van der Waals surface area (Å²) in [7, 11) is 0. The third kappa shape index (κ3) is 3.00. The van der Waals surface area contributed by atoms with Crippen LogP contribution >= 0.6 is 116 Å². The third-order valence-electron chi connectivity index (χ3n) is 1.02. The number of hydrogen-bond acceptors (Lipinski definition) is 2. The zero-order chi connectivity index (χ0) is 8.91. The van der Waals surface area contributed by atoms with Crippen molar-refractivity contribution in [3.8, 4) is 0 Å². The average Bonchev–Trinajstić information content (AvgIpc) is 1.66. The molecule has 1 aliphatic heterocycles. The Balaban J connectivity index is 2.89. The van der Waals surface area contributed by atoms with E-state index in [1.165, 1.54) is 0 Å². The minimum Gasteiger partial charge on any atom is -0.255 e. The van der Waals surface area contributed by atoms with Crippen molar-refractivity contribution in [2.75, 3.05) is 0 Å². The molecule has 0 aliphatic carbocycles. The van der Waals surface area contributed by atoms with Crippen LogP contribution in [-0.4, -0.2) is 7.49 Å². The molecule has 1 rings (SSSR count). The number of nitrogens with one attached hydrogen (secondary N) is 2. The van der Waals surface area contributed by atoms with Crippen LogP contribution in [0.3, 0.4) is 0 Å². The van der Waals surface area contributed by atoms with Gasteiger partial charge in [0.15, 0.2) is 7.49 Å². The fraction of sp³-hybridized carbons (Fsp3) is 1.00. The Kier molecular flexibility index (Phi) is 4.41. The van der Waals surface area contributed by atoms with Crippen molar-refractivity contribution in [1.29, 1.82) is 0 Å². The molecule has 0 spiro atoms. The van der Waals surface area contributed by atoms with Crippen LogP contribution in [0.1, 0.15) is 0 Å². The van der Waals surface area contributed by atoms with Gasteiger partial charge in [-0.1, -0.05) is 31.9 Å². The summed E-state index contributed by atoms with van der Waals surface area (Å²) in [5.74, 6) is 0. The van der Waals surface area contributed by atoms with Crippen LogP contribution in [0.4, 0.5) is 0 Å². The highest BCUT2D eigenvalue weighted by atomic mass is 127. The molecule has 1 saturated heterocycles. The Morgan fingerprint density at radius 3 is 1.18 bits per heavy atom. The lowest BCUT2D eigenvalue weighted by Crippen LogP contribution is -2.40. The largest absolute Gasteiger partial charge is 0.255 e. The third-order valence-corrected chi connectivity index (χ3v) is 8.75. The van der Waals surface area contributed by atoms with Crippen LogP contribution in [0, 0.1) is 0 Å².